The number of halogens is 2. The fraction of sp³-hybridized carbons (Fsp3) is 0.182. The molecule has 0 unspecified atom stereocenters. The van der Waals surface area contributed by atoms with Gasteiger partial charge in [-0.05, 0) is 25.1 Å². The van der Waals surface area contributed by atoms with E-state index in [4.69, 9.17) is 17.3 Å². The molecule has 0 aliphatic heterocycles. The van der Waals surface area contributed by atoms with Crippen LogP contribution in [-0.2, 0) is 7.05 Å². The first-order chi connectivity index (χ1) is 7.99. The van der Waals surface area contributed by atoms with Gasteiger partial charge in [-0.1, -0.05) is 11.6 Å². The van der Waals surface area contributed by atoms with Gasteiger partial charge in [0.25, 0.3) is 0 Å². The number of nitrogens with one attached hydrogen (secondary N) is 1. The molecule has 6 heteroatoms. The summed E-state index contributed by atoms with van der Waals surface area (Å²) in [5, 5.41) is 7.29. The van der Waals surface area contributed by atoms with Crippen molar-refractivity contribution < 1.29 is 4.39 Å². The summed E-state index contributed by atoms with van der Waals surface area (Å²) < 4.78 is 14.6. The lowest BCUT2D eigenvalue weighted by molar-refractivity contribution is 0.628. The maximum absolute atomic E-state index is 13.0. The lowest BCUT2D eigenvalue weighted by atomic mass is 10.3. The van der Waals surface area contributed by atoms with Crippen LogP contribution in [0, 0.1) is 12.7 Å². The highest BCUT2D eigenvalue weighted by Gasteiger charge is 2.10. The molecule has 0 aliphatic carbocycles. The lowest BCUT2D eigenvalue weighted by Crippen LogP contribution is -2.01. The molecule has 1 heterocycles. The van der Waals surface area contributed by atoms with Crippen molar-refractivity contribution in [3.63, 3.8) is 0 Å². The predicted molar refractivity (Wildman–Crippen MR) is 67.1 cm³/mol. The fourth-order valence-electron chi connectivity index (χ4n) is 1.53. The van der Waals surface area contributed by atoms with Gasteiger partial charge in [-0.25, -0.2) is 4.39 Å². The molecule has 0 aliphatic rings. The maximum atomic E-state index is 13.0. The Labute approximate surface area is 103 Å². The van der Waals surface area contributed by atoms with Crippen molar-refractivity contribution in [3.05, 3.63) is 34.7 Å². The summed E-state index contributed by atoms with van der Waals surface area (Å²) in [5.74, 6) is 0.205. The average molecular weight is 255 g/mol. The average Bonchev–Trinajstić information content (AvgIpc) is 2.50. The van der Waals surface area contributed by atoms with Crippen molar-refractivity contribution in [2.75, 3.05) is 11.1 Å². The Hall–Kier alpha value is -1.75. The third-order valence-corrected chi connectivity index (χ3v) is 2.74. The van der Waals surface area contributed by atoms with Crippen molar-refractivity contribution in [2.45, 2.75) is 6.92 Å². The minimum Gasteiger partial charge on any atom is -0.394 e. The highest BCUT2D eigenvalue weighted by molar-refractivity contribution is 6.31. The molecule has 1 aromatic heterocycles. The van der Waals surface area contributed by atoms with Gasteiger partial charge in [0.15, 0.2) is 5.82 Å². The first-order valence-electron chi connectivity index (χ1n) is 5.00. The molecule has 3 N–H and O–H groups in total. The molecule has 0 atom stereocenters. The molecule has 0 saturated heterocycles. The molecule has 2 aromatic rings. The van der Waals surface area contributed by atoms with Crippen molar-refractivity contribution >= 4 is 28.8 Å². The van der Waals surface area contributed by atoms with Crippen LogP contribution in [0.2, 0.25) is 5.02 Å². The van der Waals surface area contributed by atoms with E-state index in [0.717, 1.165) is 5.69 Å². The second-order valence-corrected chi connectivity index (χ2v) is 4.13. The van der Waals surface area contributed by atoms with Crippen LogP contribution in [0.25, 0.3) is 0 Å². The van der Waals surface area contributed by atoms with Crippen molar-refractivity contribution in [1.82, 2.24) is 9.78 Å². The molecule has 1 aromatic carbocycles. The van der Waals surface area contributed by atoms with E-state index >= 15 is 0 Å². The molecule has 0 fully saturated rings. The summed E-state index contributed by atoms with van der Waals surface area (Å²) in [5.41, 5.74) is 7.83. The molecular formula is C11H12ClFN4. The van der Waals surface area contributed by atoms with E-state index in [9.17, 15) is 4.39 Å². The third kappa shape index (κ3) is 2.19. The molecule has 17 heavy (non-hydrogen) atoms. The Kier molecular flexibility index (Phi) is 2.93. The predicted octanol–water partition coefficient (Wildman–Crippen LogP) is 2.85. The SMILES string of the molecule is Cc1nn(C)c(Nc2ccc(F)c(Cl)c2)c1N. The van der Waals surface area contributed by atoms with Gasteiger partial charge in [0, 0.05) is 12.7 Å². The van der Waals surface area contributed by atoms with Gasteiger partial charge in [-0.3, -0.25) is 4.68 Å². The topological polar surface area (TPSA) is 55.9 Å². The minimum absolute atomic E-state index is 0.0625. The van der Waals surface area contributed by atoms with Crippen LogP contribution in [0.1, 0.15) is 5.69 Å². The van der Waals surface area contributed by atoms with E-state index in [1.165, 1.54) is 12.1 Å². The number of benzene rings is 1. The maximum Gasteiger partial charge on any atom is 0.152 e. The quantitative estimate of drug-likeness (QED) is 0.866. The second kappa shape index (κ2) is 4.25. The van der Waals surface area contributed by atoms with Gasteiger partial charge in [-0.15, -0.1) is 0 Å². The van der Waals surface area contributed by atoms with Crippen LogP contribution in [0.5, 0.6) is 0 Å². The summed E-state index contributed by atoms with van der Waals surface area (Å²) in [4.78, 5) is 0. The van der Waals surface area contributed by atoms with E-state index in [2.05, 4.69) is 10.4 Å². The van der Waals surface area contributed by atoms with Crippen molar-refractivity contribution in [2.24, 2.45) is 7.05 Å². The van der Waals surface area contributed by atoms with E-state index in [1.807, 2.05) is 6.92 Å². The smallest absolute Gasteiger partial charge is 0.152 e. The number of rotatable bonds is 2. The summed E-state index contributed by atoms with van der Waals surface area (Å²) in [6.07, 6.45) is 0. The van der Waals surface area contributed by atoms with Gasteiger partial charge < -0.3 is 11.1 Å². The standard InChI is InChI=1S/C11H12ClFN4/c1-6-10(14)11(17(2)16-6)15-7-3-4-9(13)8(12)5-7/h3-5,15H,14H2,1-2H3. The van der Waals surface area contributed by atoms with Gasteiger partial charge in [0.05, 0.1) is 16.4 Å². The molecular weight excluding hydrogens is 243 g/mol. The summed E-state index contributed by atoms with van der Waals surface area (Å²) >= 11 is 5.70. The van der Waals surface area contributed by atoms with Crippen LogP contribution in [0.15, 0.2) is 18.2 Å². The zero-order valence-corrected chi connectivity index (χ0v) is 10.2. The number of nitrogens with two attached hydrogens (primary N) is 1. The lowest BCUT2D eigenvalue weighted by Gasteiger charge is -2.08. The molecule has 0 amide bonds. The summed E-state index contributed by atoms with van der Waals surface area (Å²) in [6.45, 7) is 1.82. The Bertz CT molecular complexity index is 565. The van der Waals surface area contributed by atoms with Crippen molar-refractivity contribution in [1.29, 1.82) is 0 Å². The fourth-order valence-corrected chi connectivity index (χ4v) is 1.71. The normalized spacial score (nSPS) is 10.6. The van der Waals surface area contributed by atoms with Crippen LogP contribution < -0.4 is 11.1 Å². The van der Waals surface area contributed by atoms with Gasteiger partial charge in [0.1, 0.15) is 5.82 Å². The minimum atomic E-state index is -0.452. The zero-order chi connectivity index (χ0) is 12.6. The first kappa shape index (κ1) is 11.7. The Morgan fingerprint density at radius 3 is 2.71 bits per heavy atom. The molecule has 4 nitrogen and oxygen atoms in total. The Balaban J connectivity index is 2.34. The van der Waals surface area contributed by atoms with Crippen LogP contribution in [-0.4, -0.2) is 9.78 Å². The van der Waals surface area contributed by atoms with Crippen molar-refractivity contribution in [3.8, 4) is 0 Å². The summed E-state index contributed by atoms with van der Waals surface area (Å²) in [7, 11) is 1.77. The number of anilines is 3. The van der Waals surface area contributed by atoms with Gasteiger partial charge >= 0.3 is 0 Å². The number of nitrogen functional groups attached to an aromatic ring is 1. The van der Waals surface area contributed by atoms with Crippen LogP contribution in [0.3, 0.4) is 0 Å². The number of hydrogen-bond donors (Lipinski definition) is 2. The number of aromatic nitrogens is 2. The first-order valence-corrected chi connectivity index (χ1v) is 5.38. The van der Waals surface area contributed by atoms with E-state index in [0.29, 0.717) is 17.2 Å². The van der Waals surface area contributed by atoms with Gasteiger partial charge in [0.2, 0.25) is 0 Å². The van der Waals surface area contributed by atoms with Crippen LogP contribution >= 0.6 is 11.6 Å². The molecule has 0 bridgehead atoms. The number of nitrogens with zero attached hydrogens (tertiary/aromatic N) is 2. The number of aryl methyl sites for hydroxylation is 2. The molecule has 90 valence electrons. The molecule has 0 saturated carbocycles. The van der Waals surface area contributed by atoms with Crippen LogP contribution in [0.4, 0.5) is 21.6 Å². The van der Waals surface area contributed by atoms with E-state index < -0.39 is 5.82 Å². The molecule has 0 radical (unpaired) electrons. The Morgan fingerprint density at radius 2 is 2.18 bits per heavy atom. The third-order valence-electron chi connectivity index (χ3n) is 2.45. The Morgan fingerprint density at radius 1 is 1.47 bits per heavy atom. The van der Waals surface area contributed by atoms with Gasteiger partial charge in [-0.2, -0.15) is 5.10 Å². The van der Waals surface area contributed by atoms with E-state index in [1.54, 1.807) is 17.8 Å². The highest BCUT2D eigenvalue weighted by atomic mass is 35.5. The second-order valence-electron chi connectivity index (χ2n) is 3.73. The highest BCUT2D eigenvalue weighted by Crippen LogP contribution is 2.27. The summed E-state index contributed by atoms with van der Waals surface area (Å²) in [6, 6.07) is 4.38. The zero-order valence-electron chi connectivity index (χ0n) is 9.46. The molecule has 0 spiro atoms. The number of hydrogen-bond acceptors (Lipinski definition) is 3. The molecule has 2 rings (SSSR count). The van der Waals surface area contributed by atoms with E-state index in [-0.39, 0.29) is 5.02 Å². The largest absolute Gasteiger partial charge is 0.394 e. The monoisotopic (exact) mass is 254 g/mol.